The molecule has 0 fully saturated rings. The summed E-state index contributed by atoms with van der Waals surface area (Å²) in [7, 11) is 1.34. The van der Waals surface area contributed by atoms with Gasteiger partial charge in [0.2, 0.25) is 0 Å². The van der Waals surface area contributed by atoms with Gasteiger partial charge in [-0.15, -0.1) is 0 Å². The third-order valence-electron chi connectivity index (χ3n) is 5.59. The lowest BCUT2D eigenvalue weighted by atomic mass is 10.00. The van der Waals surface area contributed by atoms with Crippen LogP contribution in [-0.4, -0.2) is 29.8 Å². The van der Waals surface area contributed by atoms with E-state index in [-0.39, 0.29) is 36.8 Å². The average Bonchev–Trinajstić information content (AvgIpc) is 3.35. The molecule has 4 rings (SSSR count). The van der Waals surface area contributed by atoms with Gasteiger partial charge in [0.25, 0.3) is 0 Å². The Bertz CT molecular complexity index is 1460. The number of methoxy groups -OCH3 is 1. The Morgan fingerprint density at radius 3 is 2.63 bits per heavy atom. The van der Waals surface area contributed by atoms with Crippen LogP contribution in [0, 0.1) is 5.82 Å². The van der Waals surface area contributed by atoms with Crippen molar-refractivity contribution in [3.05, 3.63) is 83.6 Å². The molecule has 0 aliphatic carbocycles. The van der Waals surface area contributed by atoms with Crippen molar-refractivity contribution in [2.45, 2.75) is 45.9 Å². The molecule has 2 aromatic heterocycles. The predicted molar refractivity (Wildman–Crippen MR) is 139 cm³/mol. The third-order valence-corrected chi connectivity index (χ3v) is 5.59. The van der Waals surface area contributed by atoms with Crippen molar-refractivity contribution in [1.29, 1.82) is 0 Å². The van der Waals surface area contributed by atoms with Crippen molar-refractivity contribution < 1.29 is 32.6 Å². The van der Waals surface area contributed by atoms with Crippen LogP contribution in [0.2, 0.25) is 0 Å². The molecule has 1 amide bonds. The van der Waals surface area contributed by atoms with E-state index in [1.807, 2.05) is 18.2 Å². The number of pyridine rings is 1. The molecule has 8 nitrogen and oxygen atoms in total. The quantitative estimate of drug-likeness (QED) is 0.287. The summed E-state index contributed by atoms with van der Waals surface area (Å²) in [5.74, 6) is -0.395. The van der Waals surface area contributed by atoms with Crippen LogP contribution in [0.15, 0.2) is 65.4 Å². The molecule has 2 heterocycles. The molecule has 0 spiro atoms. The molecule has 2 aromatic carbocycles. The molecule has 0 radical (unpaired) electrons. The van der Waals surface area contributed by atoms with Crippen molar-refractivity contribution in [3.63, 3.8) is 0 Å². The fraction of sp³-hybridized carbons (Fsp3) is 0.276. The maximum Gasteiger partial charge on any atom is 0.407 e. The van der Waals surface area contributed by atoms with Gasteiger partial charge in [-0.25, -0.2) is 9.18 Å². The highest BCUT2D eigenvalue weighted by molar-refractivity contribution is 5.93. The minimum atomic E-state index is -0.675. The van der Waals surface area contributed by atoms with E-state index in [0.29, 0.717) is 22.5 Å². The van der Waals surface area contributed by atoms with E-state index in [0.717, 1.165) is 10.9 Å². The lowest BCUT2D eigenvalue weighted by Gasteiger charge is -2.19. The summed E-state index contributed by atoms with van der Waals surface area (Å²) in [6.45, 7) is 5.26. The first-order valence-corrected chi connectivity index (χ1v) is 12.0. The second-order valence-corrected chi connectivity index (χ2v) is 9.61. The van der Waals surface area contributed by atoms with E-state index in [9.17, 15) is 9.59 Å². The number of fused-ring (bicyclic) bond motifs is 1. The van der Waals surface area contributed by atoms with Gasteiger partial charge in [-0.1, -0.05) is 18.2 Å². The summed E-state index contributed by atoms with van der Waals surface area (Å²) in [5.41, 5.74) is 2.16. The predicted octanol–water partition coefficient (Wildman–Crippen LogP) is 5.95. The van der Waals surface area contributed by atoms with Gasteiger partial charge in [-0.3, -0.25) is 9.78 Å². The number of halogens is 1. The van der Waals surface area contributed by atoms with Gasteiger partial charge in [0.1, 0.15) is 23.5 Å². The van der Waals surface area contributed by atoms with Gasteiger partial charge >= 0.3 is 12.1 Å². The minimum Gasteiger partial charge on any atom is -0.489 e. The van der Waals surface area contributed by atoms with Gasteiger partial charge in [0.15, 0.2) is 5.82 Å². The number of aromatic nitrogens is 1. The van der Waals surface area contributed by atoms with Crippen molar-refractivity contribution >= 4 is 23.0 Å². The molecular formula is C29H29FN2O6. The number of carbonyl (C=O) groups excluding carboxylic acids is 2. The summed E-state index contributed by atoms with van der Waals surface area (Å²) in [6, 6.07) is 14.3. The molecule has 9 heteroatoms. The van der Waals surface area contributed by atoms with E-state index >= 15 is 4.39 Å². The van der Waals surface area contributed by atoms with Gasteiger partial charge in [0, 0.05) is 28.3 Å². The molecule has 198 valence electrons. The summed E-state index contributed by atoms with van der Waals surface area (Å²) >= 11 is 0. The Balaban J connectivity index is 1.59. The molecule has 0 saturated carbocycles. The van der Waals surface area contributed by atoms with Crippen LogP contribution >= 0.6 is 0 Å². The van der Waals surface area contributed by atoms with E-state index in [1.54, 1.807) is 51.1 Å². The zero-order valence-electron chi connectivity index (χ0n) is 21.7. The van der Waals surface area contributed by atoms with Crippen LogP contribution in [0.25, 0.3) is 22.1 Å². The van der Waals surface area contributed by atoms with Crippen LogP contribution in [-0.2, 0) is 33.8 Å². The van der Waals surface area contributed by atoms with Crippen molar-refractivity contribution in [2.24, 2.45) is 0 Å². The lowest BCUT2D eigenvalue weighted by Crippen LogP contribution is -2.32. The number of nitrogens with zero attached hydrogens (tertiary/aromatic N) is 1. The first-order valence-electron chi connectivity index (χ1n) is 12.0. The number of nitrogens with one attached hydrogen (secondary N) is 1. The number of benzene rings is 2. The number of amides is 1. The Kier molecular flexibility index (Phi) is 7.95. The van der Waals surface area contributed by atoms with Crippen molar-refractivity contribution in [1.82, 2.24) is 10.3 Å². The highest BCUT2D eigenvalue weighted by Gasteiger charge is 2.20. The highest BCUT2D eigenvalue weighted by Crippen LogP contribution is 2.34. The number of alkyl carbamates (subject to hydrolysis) is 1. The summed E-state index contributed by atoms with van der Waals surface area (Å²) < 4.78 is 37.3. The average molecular weight is 521 g/mol. The van der Waals surface area contributed by atoms with Gasteiger partial charge < -0.3 is 23.9 Å². The number of para-hydroxylation sites is 1. The number of carbonyl (C=O) groups is 2. The Morgan fingerprint density at radius 1 is 1.08 bits per heavy atom. The largest absolute Gasteiger partial charge is 0.489 e. The SMILES string of the molecule is COC(=O)Cc1ccccc1OCc1cc(-c2ccnc(CNC(=O)OC(C)(C)C)c2F)c2occc2c1. The fourth-order valence-corrected chi connectivity index (χ4v) is 3.90. The van der Waals surface area contributed by atoms with E-state index < -0.39 is 17.5 Å². The van der Waals surface area contributed by atoms with Crippen LogP contribution in [0.4, 0.5) is 9.18 Å². The number of furan rings is 1. The second kappa shape index (κ2) is 11.3. The molecule has 0 aliphatic rings. The molecule has 38 heavy (non-hydrogen) atoms. The van der Waals surface area contributed by atoms with Gasteiger partial charge in [-0.05, 0) is 56.7 Å². The second-order valence-electron chi connectivity index (χ2n) is 9.61. The topological polar surface area (TPSA) is 99.9 Å². The molecule has 0 bridgehead atoms. The fourth-order valence-electron chi connectivity index (χ4n) is 3.90. The Morgan fingerprint density at radius 2 is 1.87 bits per heavy atom. The van der Waals surface area contributed by atoms with Crippen molar-refractivity contribution in [2.75, 3.05) is 7.11 Å². The maximum absolute atomic E-state index is 15.6. The van der Waals surface area contributed by atoms with Crippen LogP contribution < -0.4 is 10.1 Å². The normalized spacial score (nSPS) is 11.3. The van der Waals surface area contributed by atoms with Crippen LogP contribution in [0.1, 0.15) is 37.6 Å². The molecular weight excluding hydrogens is 491 g/mol. The summed E-state index contributed by atoms with van der Waals surface area (Å²) in [5, 5.41) is 3.31. The maximum atomic E-state index is 15.6. The lowest BCUT2D eigenvalue weighted by molar-refractivity contribution is -0.139. The van der Waals surface area contributed by atoms with E-state index in [4.69, 9.17) is 18.6 Å². The molecule has 0 saturated heterocycles. The molecule has 0 unspecified atom stereocenters. The molecule has 0 aliphatic heterocycles. The van der Waals surface area contributed by atoms with E-state index in [2.05, 4.69) is 10.3 Å². The van der Waals surface area contributed by atoms with Gasteiger partial charge in [0.05, 0.1) is 32.0 Å². The van der Waals surface area contributed by atoms with Gasteiger partial charge in [-0.2, -0.15) is 0 Å². The number of esters is 1. The number of hydrogen-bond donors (Lipinski definition) is 1. The zero-order chi connectivity index (χ0) is 27.3. The first-order chi connectivity index (χ1) is 18.1. The smallest absolute Gasteiger partial charge is 0.407 e. The Labute approximate surface area is 219 Å². The van der Waals surface area contributed by atoms with Crippen LogP contribution in [0.3, 0.4) is 0 Å². The summed E-state index contributed by atoms with van der Waals surface area (Å²) in [4.78, 5) is 27.9. The molecule has 4 aromatic rings. The molecule has 0 atom stereocenters. The summed E-state index contributed by atoms with van der Waals surface area (Å²) in [6.07, 6.45) is 2.44. The molecule has 1 N–H and O–H groups in total. The van der Waals surface area contributed by atoms with Crippen LogP contribution in [0.5, 0.6) is 5.75 Å². The number of rotatable bonds is 8. The zero-order valence-corrected chi connectivity index (χ0v) is 21.7. The number of ether oxygens (including phenoxy) is 3. The monoisotopic (exact) mass is 520 g/mol. The first kappa shape index (κ1) is 26.7. The van der Waals surface area contributed by atoms with E-state index in [1.165, 1.54) is 19.6 Å². The number of hydrogen-bond acceptors (Lipinski definition) is 7. The highest BCUT2D eigenvalue weighted by atomic mass is 19.1. The minimum absolute atomic E-state index is 0.0615. The Hall–Kier alpha value is -4.40. The third kappa shape index (κ3) is 6.47. The van der Waals surface area contributed by atoms with Crippen molar-refractivity contribution in [3.8, 4) is 16.9 Å². The standard InChI is InChI=1S/C29H29FN2O6/c1-29(2,3)38-28(34)32-16-23-26(30)21(9-11-31-23)22-14-18(13-20-10-12-36-27(20)22)17-37-24-8-6-5-7-19(24)15-25(33)35-4/h5-14H,15-17H2,1-4H3,(H,32,34).